The largest absolute Gasteiger partial charge is 0.497 e. The van der Waals surface area contributed by atoms with Crippen LogP contribution in [0.15, 0.2) is 42.5 Å². The molecule has 0 atom stereocenters. The first kappa shape index (κ1) is 17.7. The molecule has 0 radical (unpaired) electrons. The van der Waals surface area contributed by atoms with Gasteiger partial charge in [0.2, 0.25) is 0 Å². The Kier molecular flexibility index (Phi) is 6.14. The molecule has 1 amide bonds. The minimum atomic E-state index is -0.930. The van der Waals surface area contributed by atoms with E-state index in [9.17, 15) is 14.0 Å². The highest BCUT2D eigenvalue weighted by molar-refractivity contribution is 6.30. The number of hydrogen-bond donors (Lipinski definition) is 1. The maximum atomic E-state index is 13.6. The molecule has 0 bridgehead atoms. The number of carbonyl (C=O) groups excluding carboxylic acids is 2. The second-order valence-electron chi connectivity index (χ2n) is 4.83. The van der Waals surface area contributed by atoms with Gasteiger partial charge in [-0.2, -0.15) is 0 Å². The summed E-state index contributed by atoms with van der Waals surface area (Å²) in [5.41, 5.74) is 0.553. The van der Waals surface area contributed by atoms with Crippen molar-refractivity contribution in [2.24, 2.45) is 0 Å². The lowest BCUT2D eigenvalue weighted by Gasteiger charge is -2.08. The number of benzene rings is 2. The highest BCUT2D eigenvalue weighted by atomic mass is 35.5. The Hall–Kier alpha value is -2.60. The van der Waals surface area contributed by atoms with Gasteiger partial charge in [0.25, 0.3) is 5.91 Å². The third kappa shape index (κ3) is 4.96. The molecule has 0 aliphatic heterocycles. The van der Waals surface area contributed by atoms with Crippen LogP contribution in [0.4, 0.5) is 4.39 Å². The summed E-state index contributed by atoms with van der Waals surface area (Å²) in [6.45, 7) is -0.256. The molecule has 5 nitrogen and oxygen atoms in total. The fourth-order valence-electron chi connectivity index (χ4n) is 1.90. The van der Waals surface area contributed by atoms with Crippen molar-refractivity contribution < 1.29 is 23.5 Å². The van der Waals surface area contributed by atoms with Gasteiger partial charge in [-0.15, -0.1) is 0 Å². The zero-order valence-electron chi connectivity index (χ0n) is 12.8. The van der Waals surface area contributed by atoms with Gasteiger partial charge in [-0.05, 0) is 35.9 Å². The Morgan fingerprint density at radius 2 is 2.00 bits per heavy atom. The van der Waals surface area contributed by atoms with Crippen LogP contribution >= 0.6 is 11.6 Å². The molecule has 2 aromatic rings. The molecule has 0 aromatic heterocycles. The first-order chi connectivity index (χ1) is 11.5. The number of ether oxygens (including phenoxy) is 2. The molecule has 0 saturated heterocycles. The molecule has 0 aliphatic rings. The number of esters is 1. The molecular formula is C17H15ClFNO4. The van der Waals surface area contributed by atoms with Crippen LogP contribution in [0.1, 0.15) is 15.9 Å². The third-order valence-corrected chi connectivity index (χ3v) is 3.34. The Bertz CT molecular complexity index is 751. The van der Waals surface area contributed by atoms with Gasteiger partial charge in [-0.1, -0.05) is 23.7 Å². The van der Waals surface area contributed by atoms with Crippen LogP contribution < -0.4 is 10.1 Å². The van der Waals surface area contributed by atoms with Gasteiger partial charge < -0.3 is 14.8 Å². The number of amides is 1. The zero-order valence-corrected chi connectivity index (χ0v) is 13.6. The molecule has 1 N–H and O–H groups in total. The van der Waals surface area contributed by atoms with Gasteiger partial charge in [0.05, 0.1) is 12.7 Å². The van der Waals surface area contributed by atoms with E-state index in [1.165, 1.54) is 12.1 Å². The van der Waals surface area contributed by atoms with Gasteiger partial charge in [-0.3, -0.25) is 4.79 Å². The molecule has 0 heterocycles. The average Bonchev–Trinajstić information content (AvgIpc) is 2.58. The van der Waals surface area contributed by atoms with Crippen molar-refractivity contribution in [3.8, 4) is 5.75 Å². The first-order valence-electron chi connectivity index (χ1n) is 7.01. The molecule has 2 aromatic carbocycles. The summed E-state index contributed by atoms with van der Waals surface area (Å²) >= 11 is 5.61. The van der Waals surface area contributed by atoms with Crippen molar-refractivity contribution in [3.63, 3.8) is 0 Å². The fourth-order valence-corrected chi connectivity index (χ4v) is 2.06. The summed E-state index contributed by atoms with van der Waals surface area (Å²) in [6.07, 6.45) is 0. The lowest BCUT2D eigenvalue weighted by Crippen LogP contribution is -2.28. The molecule has 7 heteroatoms. The van der Waals surface area contributed by atoms with Gasteiger partial charge in [0, 0.05) is 11.6 Å². The molecule has 2 rings (SSSR count). The van der Waals surface area contributed by atoms with E-state index in [-0.39, 0.29) is 17.1 Å². The van der Waals surface area contributed by atoms with Gasteiger partial charge in [0.15, 0.2) is 6.61 Å². The van der Waals surface area contributed by atoms with E-state index < -0.39 is 24.3 Å². The van der Waals surface area contributed by atoms with E-state index in [1.807, 2.05) is 6.07 Å². The van der Waals surface area contributed by atoms with E-state index in [4.69, 9.17) is 21.1 Å². The number of rotatable bonds is 6. The van der Waals surface area contributed by atoms with Gasteiger partial charge in [0.1, 0.15) is 11.6 Å². The average molecular weight is 352 g/mol. The molecule has 0 unspecified atom stereocenters. The molecule has 126 valence electrons. The predicted molar refractivity (Wildman–Crippen MR) is 86.5 cm³/mol. The summed E-state index contributed by atoms with van der Waals surface area (Å²) in [6, 6.07) is 10.7. The Balaban J connectivity index is 1.83. The second kappa shape index (κ2) is 8.31. The van der Waals surface area contributed by atoms with Crippen LogP contribution in [0, 0.1) is 5.82 Å². The Morgan fingerprint density at radius 1 is 1.21 bits per heavy atom. The molecule has 24 heavy (non-hydrogen) atoms. The standard InChI is InChI=1S/C17H15ClFNO4/c1-23-13-4-2-3-11(7-13)9-20-16(21)10-24-17(22)14-6-5-12(18)8-15(14)19/h2-8H,9-10H2,1H3,(H,20,21). The van der Waals surface area contributed by atoms with Crippen LogP contribution in [-0.4, -0.2) is 25.6 Å². The normalized spacial score (nSPS) is 10.1. The SMILES string of the molecule is COc1cccc(CNC(=O)COC(=O)c2ccc(Cl)cc2F)c1. The number of halogens is 2. The molecule has 0 spiro atoms. The molecule has 0 saturated carbocycles. The topological polar surface area (TPSA) is 64.6 Å². The van der Waals surface area contributed by atoms with Crippen LogP contribution in [0.5, 0.6) is 5.75 Å². The van der Waals surface area contributed by atoms with Crippen LogP contribution in [0.2, 0.25) is 5.02 Å². The second-order valence-corrected chi connectivity index (χ2v) is 5.26. The van der Waals surface area contributed by atoms with E-state index >= 15 is 0 Å². The summed E-state index contributed by atoms with van der Waals surface area (Å²) in [4.78, 5) is 23.4. The van der Waals surface area contributed by atoms with Crippen molar-refractivity contribution in [2.45, 2.75) is 6.54 Å². The number of hydrogen-bond acceptors (Lipinski definition) is 4. The number of carbonyl (C=O) groups is 2. The quantitative estimate of drug-likeness (QED) is 0.813. The van der Waals surface area contributed by atoms with Crippen molar-refractivity contribution >= 4 is 23.5 Å². The molecular weight excluding hydrogens is 337 g/mol. The maximum absolute atomic E-state index is 13.6. The number of methoxy groups -OCH3 is 1. The maximum Gasteiger partial charge on any atom is 0.341 e. The predicted octanol–water partition coefficient (Wildman–Crippen LogP) is 2.96. The highest BCUT2D eigenvalue weighted by Crippen LogP contribution is 2.15. The molecule has 0 aliphatic carbocycles. The summed E-state index contributed by atoms with van der Waals surface area (Å²) < 4.78 is 23.4. The van der Waals surface area contributed by atoms with E-state index in [0.29, 0.717) is 5.75 Å². The van der Waals surface area contributed by atoms with Crippen molar-refractivity contribution in [1.82, 2.24) is 5.32 Å². The number of nitrogens with one attached hydrogen (secondary N) is 1. The highest BCUT2D eigenvalue weighted by Gasteiger charge is 2.15. The lowest BCUT2D eigenvalue weighted by atomic mass is 10.2. The Morgan fingerprint density at radius 3 is 2.71 bits per heavy atom. The van der Waals surface area contributed by atoms with Crippen molar-refractivity contribution in [1.29, 1.82) is 0 Å². The zero-order chi connectivity index (χ0) is 17.5. The first-order valence-corrected chi connectivity index (χ1v) is 7.39. The van der Waals surface area contributed by atoms with E-state index in [1.54, 1.807) is 25.3 Å². The van der Waals surface area contributed by atoms with Gasteiger partial charge in [-0.25, -0.2) is 9.18 Å². The summed E-state index contributed by atoms with van der Waals surface area (Å²) in [7, 11) is 1.55. The van der Waals surface area contributed by atoms with Crippen LogP contribution in [-0.2, 0) is 16.1 Å². The van der Waals surface area contributed by atoms with Crippen molar-refractivity contribution in [3.05, 3.63) is 64.4 Å². The third-order valence-electron chi connectivity index (χ3n) is 3.11. The Labute approximate surface area is 143 Å². The van der Waals surface area contributed by atoms with E-state index in [0.717, 1.165) is 11.6 Å². The fraction of sp³-hybridized carbons (Fsp3) is 0.176. The smallest absolute Gasteiger partial charge is 0.341 e. The van der Waals surface area contributed by atoms with Crippen molar-refractivity contribution in [2.75, 3.05) is 13.7 Å². The van der Waals surface area contributed by atoms with E-state index in [2.05, 4.69) is 5.32 Å². The van der Waals surface area contributed by atoms with Gasteiger partial charge >= 0.3 is 5.97 Å². The summed E-state index contributed by atoms with van der Waals surface area (Å²) in [5.74, 6) is -1.56. The van der Waals surface area contributed by atoms with Crippen LogP contribution in [0.25, 0.3) is 0 Å². The lowest BCUT2D eigenvalue weighted by molar-refractivity contribution is -0.124. The summed E-state index contributed by atoms with van der Waals surface area (Å²) in [5, 5.41) is 2.76. The van der Waals surface area contributed by atoms with Crippen LogP contribution in [0.3, 0.4) is 0 Å². The monoisotopic (exact) mass is 351 g/mol. The molecule has 0 fully saturated rings. The minimum absolute atomic E-state index is 0.167. The minimum Gasteiger partial charge on any atom is -0.497 e.